The molecule has 2 aromatic heterocycles. The molecule has 1 aliphatic rings. The van der Waals surface area contributed by atoms with E-state index in [0.29, 0.717) is 37.0 Å². The van der Waals surface area contributed by atoms with Gasteiger partial charge in [-0.3, -0.25) is 19.5 Å². The highest BCUT2D eigenvalue weighted by molar-refractivity contribution is 6.31. The number of carbonyl (C=O) groups is 2. The lowest BCUT2D eigenvalue weighted by Gasteiger charge is -2.40. The fraction of sp³-hybridized carbons (Fsp3) is 0.240. The largest absolute Gasteiger partial charge is 0.383 e. The van der Waals surface area contributed by atoms with Crippen molar-refractivity contribution < 1.29 is 9.59 Å². The molecule has 2 amide bonds. The van der Waals surface area contributed by atoms with Gasteiger partial charge in [0.1, 0.15) is 12.1 Å². The first-order valence-corrected chi connectivity index (χ1v) is 11.6. The SMILES string of the molecule is NC(=O)C[C@H]1C(=O)N(Cc2ccc3c(N)ncnc3c2)CCN1Cc1cc2ccc(Cl)cc2cn1. The van der Waals surface area contributed by atoms with Crippen molar-refractivity contribution in [1.82, 2.24) is 24.8 Å². The van der Waals surface area contributed by atoms with Crippen molar-refractivity contribution >= 4 is 50.9 Å². The number of piperazine rings is 1. The summed E-state index contributed by atoms with van der Waals surface area (Å²) in [4.78, 5) is 41.8. The van der Waals surface area contributed by atoms with Gasteiger partial charge in [-0.1, -0.05) is 23.7 Å². The molecular weight excluding hydrogens is 466 g/mol. The summed E-state index contributed by atoms with van der Waals surface area (Å²) in [5.74, 6) is -0.239. The van der Waals surface area contributed by atoms with Crippen molar-refractivity contribution in [3.8, 4) is 0 Å². The second-order valence-electron chi connectivity index (χ2n) is 8.69. The Labute approximate surface area is 206 Å². The average Bonchev–Trinajstić information content (AvgIpc) is 2.83. The number of rotatable bonds is 6. The van der Waals surface area contributed by atoms with Gasteiger partial charge in [-0.25, -0.2) is 9.97 Å². The number of benzene rings is 2. The predicted octanol–water partition coefficient (Wildman–Crippen LogP) is 2.50. The minimum absolute atomic E-state index is 0.0556. The maximum absolute atomic E-state index is 13.4. The minimum Gasteiger partial charge on any atom is -0.383 e. The molecule has 178 valence electrons. The summed E-state index contributed by atoms with van der Waals surface area (Å²) >= 11 is 6.07. The highest BCUT2D eigenvalue weighted by atomic mass is 35.5. The Morgan fingerprint density at radius 1 is 1.03 bits per heavy atom. The van der Waals surface area contributed by atoms with Crippen LogP contribution in [0.3, 0.4) is 0 Å². The number of hydrogen-bond donors (Lipinski definition) is 2. The van der Waals surface area contributed by atoms with Gasteiger partial charge >= 0.3 is 0 Å². The number of fused-ring (bicyclic) bond motifs is 2. The maximum atomic E-state index is 13.4. The average molecular weight is 490 g/mol. The molecule has 0 spiro atoms. The number of amides is 2. The maximum Gasteiger partial charge on any atom is 0.240 e. The molecule has 1 fully saturated rings. The van der Waals surface area contributed by atoms with Crippen molar-refractivity contribution in [3.63, 3.8) is 0 Å². The molecule has 0 saturated carbocycles. The van der Waals surface area contributed by atoms with E-state index in [1.807, 2.05) is 47.4 Å². The van der Waals surface area contributed by atoms with Gasteiger partial charge in [-0.05, 0) is 41.3 Å². The lowest BCUT2D eigenvalue weighted by molar-refractivity contribution is -0.145. The van der Waals surface area contributed by atoms with Crippen LogP contribution in [0, 0.1) is 0 Å². The molecule has 0 aliphatic carbocycles. The molecule has 10 heteroatoms. The molecule has 5 rings (SSSR count). The van der Waals surface area contributed by atoms with E-state index < -0.39 is 11.9 Å². The molecule has 0 unspecified atom stereocenters. The first kappa shape index (κ1) is 22.9. The Balaban J connectivity index is 1.35. The zero-order valence-electron chi connectivity index (χ0n) is 18.9. The van der Waals surface area contributed by atoms with Gasteiger partial charge in [0.05, 0.1) is 23.7 Å². The Morgan fingerprint density at radius 2 is 1.89 bits per heavy atom. The van der Waals surface area contributed by atoms with Crippen LogP contribution in [-0.2, 0) is 22.7 Å². The normalized spacial score (nSPS) is 16.8. The van der Waals surface area contributed by atoms with Gasteiger partial charge in [0.25, 0.3) is 0 Å². The third-order valence-electron chi connectivity index (χ3n) is 6.30. The second kappa shape index (κ2) is 9.44. The lowest BCUT2D eigenvalue weighted by atomic mass is 10.0. The molecule has 35 heavy (non-hydrogen) atoms. The van der Waals surface area contributed by atoms with Crippen molar-refractivity contribution in [1.29, 1.82) is 0 Å². The topological polar surface area (TPSA) is 131 Å². The van der Waals surface area contributed by atoms with Gasteiger partial charge in [0, 0.05) is 48.2 Å². The Bertz CT molecular complexity index is 1440. The van der Waals surface area contributed by atoms with E-state index in [-0.39, 0.29) is 12.3 Å². The zero-order valence-corrected chi connectivity index (χ0v) is 19.7. The summed E-state index contributed by atoms with van der Waals surface area (Å²) in [6, 6.07) is 12.6. The summed E-state index contributed by atoms with van der Waals surface area (Å²) in [7, 11) is 0. The van der Waals surface area contributed by atoms with Gasteiger partial charge in [0.15, 0.2) is 0 Å². The van der Waals surface area contributed by atoms with E-state index in [0.717, 1.165) is 32.9 Å². The van der Waals surface area contributed by atoms with Gasteiger partial charge in [-0.15, -0.1) is 0 Å². The smallest absolute Gasteiger partial charge is 0.240 e. The van der Waals surface area contributed by atoms with Crippen LogP contribution in [0.15, 0.2) is 55.0 Å². The number of halogens is 1. The van der Waals surface area contributed by atoms with Crippen molar-refractivity contribution in [2.45, 2.75) is 25.6 Å². The number of anilines is 1. The molecule has 1 aliphatic heterocycles. The van der Waals surface area contributed by atoms with E-state index in [1.165, 1.54) is 6.33 Å². The van der Waals surface area contributed by atoms with E-state index in [9.17, 15) is 9.59 Å². The van der Waals surface area contributed by atoms with Crippen LogP contribution in [-0.4, -0.2) is 55.7 Å². The quantitative estimate of drug-likeness (QED) is 0.425. The van der Waals surface area contributed by atoms with Crippen LogP contribution >= 0.6 is 11.6 Å². The standard InChI is InChI=1S/C25H24ClN7O2/c26-18-3-2-16-9-19(29-11-17(16)8-18)13-32-5-6-33(25(35)22(32)10-23(27)34)12-15-1-4-20-21(7-15)30-14-31-24(20)28/h1-4,7-9,11,14,22H,5-6,10,12-13H2,(H2,27,34)(H2,28,30,31)/t22-/m0/s1. The van der Waals surface area contributed by atoms with Crippen molar-refractivity contribution in [3.05, 3.63) is 71.3 Å². The fourth-order valence-corrected chi connectivity index (χ4v) is 4.71. The second-order valence-corrected chi connectivity index (χ2v) is 9.13. The third kappa shape index (κ3) is 4.87. The van der Waals surface area contributed by atoms with Crippen LogP contribution in [0.2, 0.25) is 5.02 Å². The summed E-state index contributed by atoms with van der Waals surface area (Å²) in [6.07, 6.45) is 3.14. The highest BCUT2D eigenvalue weighted by Crippen LogP contribution is 2.24. The fourth-order valence-electron chi connectivity index (χ4n) is 4.53. The number of primary amides is 1. The van der Waals surface area contributed by atoms with Crippen LogP contribution in [0.1, 0.15) is 17.7 Å². The number of pyridine rings is 1. The van der Waals surface area contributed by atoms with Gasteiger partial charge in [0.2, 0.25) is 11.8 Å². The summed E-state index contributed by atoms with van der Waals surface area (Å²) in [5.41, 5.74) is 13.9. The van der Waals surface area contributed by atoms with E-state index in [1.54, 1.807) is 11.1 Å². The summed E-state index contributed by atoms with van der Waals surface area (Å²) in [5, 5.41) is 3.37. The summed E-state index contributed by atoms with van der Waals surface area (Å²) in [6.45, 7) is 1.94. The molecule has 2 aromatic carbocycles. The van der Waals surface area contributed by atoms with Crippen molar-refractivity contribution in [2.24, 2.45) is 5.73 Å². The minimum atomic E-state index is -0.651. The third-order valence-corrected chi connectivity index (χ3v) is 6.53. The van der Waals surface area contributed by atoms with E-state index in [2.05, 4.69) is 15.0 Å². The number of nitrogen functional groups attached to an aromatic ring is 1. The highest BCUT2D eigenvalue weighted by Gasteiger charge is 2.36. The number of aromatic nitrogens is 3. The predicted molar refractivity (Wildman–Crippen MR) is 134 cm³/mol. The molecule has 1 saturated heterocycles. The number of carbonyl (C=O) groups excluding carboxylic acids is 2. The molecule has 4 aromatic rings. The molecule has 1 atom stereocenters. The van der Waals surface area contributed by atoms with Crippen LogP contribution in [0.5, 0.6) is 0 Å². The van der Waals surface area contributed by atoms with Crippen LogP contribution < -0.4 is 11.5 Å². The Kier molecular flexibility index (Phi) is 6.19. The molecule has 4 N–H and O–H groups in total. The number of nitrogens with zero attached hydrogens (tertiary/aromatic N) is 5. The summed E-state index contributed by atoms with van der Waals surface area (Å²) < 4.78 is 0. The molecule has 0 bridgehead atoms. The monoisotopic (exact) mass is 489 g/mol. The van der Waals surface area contributed by atoms with Gasteiger partial charge in [-0.2, -0.15) is 0 Å². The first-order chi connectivity index (χ1) is 16.9. The first-order valence-electron chi connectivity index (χ1n) is 11.2. The van der Waals surface area contributed by atoms with Gasteiger partial charge < -0.3 is 16.4 Å². The van der Waals surface area contributed by atoms with Crippen LogP contribution in [0.4, 0.5) is 5.82 Å². The van der Waals surface area contributed by atoms with E-state index in [4.69, 9.17) is 23.1 Å². The lowest BCUT2D eigenvalue weighted by Crippen LogP contribution is -2.57. The molecule has 0 radical (unpaired) electrons. The van der Waals surface area contributed by atoms with E-state index >= 15 is 0 Å². The molecular formula is C25H24ClN7O2. The Hall–Kier alpha value is -3.82. The van der Waals surface area contributed by atoms with Crippen LogP contribution in [0.25, 0.3) is 21.7 Å². The number of nitrogens with two attached hydrogens (primary N) is 2. The Morgan fingerprint density at radius 3 is 2.71 bits per heavy atom. The molecule has 9 nitrogen and oxygen atoms in total. The molecule has 3 heterocycles. The zero-order chi connectivity index (χ0) is 24.5. The number of hydrogen-bond acceptors (Lipinski definition) is 7. The van der Waals surface area contributed by atoms with Crippen molar-refractivity contribution in [2.75, 3.05) is 18.8 Å².